The van der Waals surface area contributed by atoms with Crippen molar-refractivity contribution in [2.24, 2.45) is 0 Å². The fourth-order valence-corrected chi connectivity index (χ4v) is 3.62. The zero-order chi connectivity index (χ0) is 22.2. The third kappa shape index (κ3) is 6.33. The van der Waals surface area contributed by atoms with Crippen molar-refractivity contribution in [2.75, 3.05) is 19.7 Å². The average Bonchev–Trinajstić information content (AvgIpc) is 2.79. The fraction of sp³-hybridized carbons (Fsp3) is 0.269. The number of benzene rings is 3. The van der Waals surface area contributed by atoms with Gasteiger partial charge in [0.25, 0.3) is 0 Å². The number of hydrogen-bond acceptors (Lipinski definition) is 4. The van der Waals surface area contributed by atoms with Crippen LogP contribution in [0.1, 0.15) is 40.1 Å². The molecule has 0 bridgehead atoms. The van der Waals surface area contributed by atoms with Gasteiger partial charge in [0.2, 0.25) is 0 Å². The van der Waals surface area contributed by atoms with Gasteiger partial charge >= 0.3 is 5.97 Å². The minimum Gasteiger partial charge on any atom is -0.493 e. The zero-order valence-electron chi connectivity index (χ0n) is 18.4. The van der Waals surface area contributed by atoms with E-state index in [-0.39, 0.29) is 18.0 Å². The minimum absolute atomic E-state index is 0. The summed E-state index contributed by atoms with van der Waals surface area (Å²) in [7, 11) is 0. The Labute approximate surface area is 195 Å². The summed E-state index contributed by atoms with van der Waals surface area (Å²) < 4.78 is 5.62. The van der Waals surface area contributed by atoms with Gasteiger partial charge in [-0.25, -0.2) is 4.79 Å². The predicted octanol–water partition coefficient (Wildman–Crippen LogP) is 5.05. The monoisotopic (exact) mass is 455 g/mol. The zero-order valence-corrected chi connectivity index (χ0v) is 19.2. The van der Waals surface area contributed by atoms with Gasteiger partial charge in [0.1, 0.15) is 11.3 Å². The van der Waals surface area contributed by atoms with Crippen molar-refractivity contribution in [3.05, 3.63) is 89.0 Å². The van der Waals surface area contributed by atoms with Gasteiger partial charge in [-0.05, 0) is 60.7 Å². The van der Waals surface area contributed by atoms with Crippen molar-refractivity contribution in [3.8, 4) is 16.9 Å². The van der Waals surface area contributed by atoms with Crippen molar-refractivity contribution in [1.29, 1.82) is 0 Å². The first-order valence-corrected chi connectivity index (χ1v) is 10.5. The molecule has 5 nitrogen and oxygen atoms in total. The SMILES string of the molecule is CCOc1c(C(=O)O)ccc(-c2ccc(CCNC[C@@H](O)c3ccccc3)cc2)c1C.Cl. The second-order valence-corrected chi connectivity index (χ2v) is 7.43. The summed E-state index contributed by atoms with van der Waals surface area (Å²) in [5.74, 6) is -0.559. The van der Waals surface area contributed by atoms with E-state index in [0.29, 0.717) is 18.9 Å². The first-order chi connectivity index (χ1) is 15.0. The van der Waals surface area contributed by atoms with E-state index in [0.717, 1.165) is 35.2 Å². The highest BCUT2D eigenvalue weighted by atomic mass is 35.5. The summed E-state index contributed by atoms with van der Waals surface area (Å²) in [4.78, 5) is 11.5. The average molecular weight is 456 g/mol. The highest BCUT2D eigenvalue weighted by Crippen LogP contribution is 2.33. The van der Waals surface area contributed by atoms with Crippen molar-refractivity contribution in [2.45, 2.75) is 26.4 Å². The molecule has 6 heteroatoms. The Balaban J connectivity index is 0.00000363. The lowest BCUT2D eigenvalue weighted by atomic mass is 9.96. The molecule has 3 N–H and O–H groups in total. The first kappa shape index (κ1) is 25.4. The van der Waals surface area contributed by atoms with Gasteiger partial charge in [-0.3, -0.25) is 0 Å². The van der Waals surface area contributed by atoms with E-state index in [4.69, 9.17) is 4.74 Å². The molecule has 0 saturated heterocycles. The maximum absolute atomic E-state index is 11.5. The molecule has 170 valence electrons. The molecule has 0 saturated carbocycles. The first-order valence-electron chi connectivity index (χ1n) is 10.5. The smallest absolute Gasteiger partial charge is 0.339 e. The van der Waals surface area contributed by atoms with Gasteiger partial charge in [-0.15, -0.1) is 12.4 Å². The van der Waals surface area contributed by atoms with Crippen molar-refractivity contribution in [3.63, 3.8) is 0 Å². The molecular weight excluding hydrogens is 426 g/mol. The molecular formula is C26H30ClNO4. The third-order valence-corrected chi connectivity index (χ3v) is 5.30. The number of halogens is 1. The van der Waals surface area contributed by atoms with E-state index in [9.17, 15) is 15.0 Å². The number of aliphatic hydroxyl groups is 1. The Bertz CT molecular complexity index is 1010. The summed E-state index contributed by atoms with van der Waals surface area (Å²) in [6.07, 6.45) is 0.336. The van der Waals surface area contributed by atoms with E-state index in [1.54, 1.807) is 6.07 Å². The van der Waals surface area contributed by atoms with E-state index in [1.807, 2.05) is 62.4 Å². The molecule has 0 aliphatic carbocycles. The van der Waals surface area contributed by atoms with Crippen LogP contribution in [0.15, 0.2) is 66.7 Å². The molecule has 0 amide bonds. The van der Waals surface area contributed by atoms with Crippen LogP contribution in [0.3, 0.4) is 0 Å². The maximum Gasteiger partial charge on any atom is 0.339 e. The van der Waals surface area contributed by atoms with Crippen LogP contribution < -0.4 is 10.1 Å². The number of ether oxygens (including phenoxy) is 1. The molecule has 0 radical (unpaired) electrons. The molecule has 3 rings (SSSR count). The second-order valence-electron chi connectivity index (χ2n) is 7.43. The molecule has 32 heavy (non-hydrogen) atoms. The summed E-state index contributed by atoms with van der Waals surface area (Å²) in [6, 6.07) is 21.3. The number of rotatable bonds is 10. The fourth-order valence-electron chi connectivity index (χ4n) is 3.62. The lowest BCUT2D eigenvalue weighted by Gasteiger charge is -2.15. The van der Waals surface area contributed by atoms with Crippen LogP contribution in [0.2, 0.25) is 0 Å². The van der Waals surface area contributed by atoms with E-state index in [1.165, 1.54) is 5.56 Å². The van der Waals surface area contributed by atoms with Gasteiger partial charge in [0.05, 0.1) is 12.7 Å². The summed E-state index contributed by atoms with van der Waals surface area (Å²) in [6.45, 7) is 5.43. The number of hydrogen-bond donors (Lipinski definition) is 3. The summed E-state index contributed by atoms with van der Waals surface area (Å²) in [5, 5.41) is 22.9. The summed E-state index contributed by atoms with van der Waals surface area (Å²) >= 11 is 0. The maximum atomic E-state index is 11.5. The molecule has 0 aromatic heterocycles. The highest BCUT2D eigenvalue weighted by Gasteiger charge is 2.17. The number of carbonyl (C=O) groups is 1. The molecule has 0 heterocycles. The van der Waals surface area contributed by atoms with E-state index >= 15 is 0 Å². The van der Waals surface area contributed by atoms with Gasteiger partial charge in [-0.1, -0.05) is 60.7 Å². The predicted molar refractivity (Wildman–Crippen MR) is 130 cm³/mol. The molecule has 0 unspecified atom stereocenters. The highest BCUT2D eigenvalue weighted by molar-refractivity contribution is 5.93. The largest absolute Gasteiger partial charge is 0.493 e. The molecule has 0 aliphatic heterocycles. The van der Waals surface area contributed by atoms with Crippen molar-refractivity contribution in [1.82, 2.24) is 5.32 Å². The molecule has 0 aliphatic rings. The Morgan fingerprint density at radius 3 is 2.34 bits per heavy atom. The number of aliphatic hydroxyl groups excluding tert-OH is 1. The molecule has 3 aromatic rings. The van der Waals surface area contributed by atoms with E-state index in [2.05, 4.69) is 17.4 Å². The van der Waals surface area contributed by atoms with Gasteiger partial charge in [-0.2, -0.15) is 0 Å². The number of carboxylic acid groups (broad SMARTS) is 1. The lowest BCUT2D eigenvalue weighted by Crippen LogP contribution is -2.23. The Kier molecular flexibility index (Phi) is 9.72. The lowest BCUT2D eigenvalue weighted by molar-refractivity contribution is 0.0692. The van der Waals surface area contributed by atoms with Crippen LogP contribution >= 0.6 is 12.4 Å². The second kappa shape index (κ2) is 12.2. The Morgan fingerprint density at radius 1 is 1.03 bits per heavy atom. The Hall–Kier alpha value is -2.86. The number of nitrogens with one attached hydrogen (secondary N) is 1. The van der Waals surface area contributed by atoms with Crippen LogP contribution in [-0.2, 0) is 6.42 Å². The molecule has 0 spiro atoms. The number of carboxylic acids is 1. The minimum atomic E-state index is -0.988. The molecule has 3 aromatic carbocycles. The van der Waals surface area contributed by atoms with E-state index < -0.39 is 12.1 Å². The van der Waals surface area contributed by atoms with Crippen molar-refractivity contribution >= 4 is 18.4 Å². The molecule has 1 atom stereocenters. The van der Waals surface area contributed by atoms with Crippen LogP contribution in [0, 0.1) is 6.92 Å². The normalized spacial score (nSPS) is 11.5. The van der Waals surface area contributed by atoms with Gasteiger partial charge < -0.3 is 20.3 Å². The third-order valence-electron chi connectivity index (χ3n) is 5.30. The van der Waals surface area contributed by atoms with Crippen LogP contribution in [-0.4, -0.2) is 35.9 Å². The Morgan fingerprint density at radius 2 is 1.72 bits per heavy atom. The van der Waals surface area contributed by atoms with Crippen LogP contribution in [0.4, 0.5) is 0 Å². The molecule has 0 fully saturated rings. The summed E-state index contributed by atoms with van der Waals surface area (Å²) in [5.41, 5.74) is 5.09. The topological polar surface area (TPSA) is 78.8 Å². The van der Waals surface area contributed by atoms with Gasteiger partial charge in [0, 0.05) is 6.54 Å². The quantitative estimate of drug-likeness (QED) is 0.373. The van der Waals surface area contributed by atoms with Crippen LogP contribution in [0.5, 0.6) is 5.75 Å². The standard InChI is InChI=1S/C26H29NO4.ClH/c1-3-31-25-18(2)22(13-14-23(25)26(29)30)20-11-9-19(10-12-20)15-16-27-17-24(28)21-7-5-4-6-8-21;/h4-14,24,27-28H,3,15-17H2,1-2H3,(H,29,30);1H/t24-;/m1./s1. The van der Waals surface area contributed by atoms with Gasteiger partial charge in [0.15, 0.2) is 0 Å². The van der Waals surface area contributed by atoms with Crippen LogP contribution in [0.25, 0.3) is 11.1 Å². The number of aromatic carboxylic acids is 1. The van der Waals surface area contributed by atoms with Crippen molar-refractivity contribution < 1.29 is 19.7 Å².